The molecule has 0 saturated carbocycles. The second-order valence-electron chi connectivity index (χ2n) is 6.99. The first-order chi connectivity index (χ1) is 13.1. The van der Waals surface area contributed by atoms with E-state index >= 15 is 0 Å². The molecule has 3 aromatic rings. The number of nitrogens with zero attached hydrogens (tertiary/aromatic N) is 3. The fourth-order valence-corrected chi connectivity index (χ4v) is 3.48. The Hall–Kier alpha value is -2.95. The topological polar surface area (TPSA) is 38.1 Å². The number of rotatable bonds is 3. The Kier molecular flexibility index (Phi) is 4.75. The highest BCUT2D eigenvalue weighted by Crippen LogP contribution is 2.26. The van der Waals surface area contributed by atoms with E-state index in [4.69, 9.17) is 0 Å². The highest BCUT2D eigenvalue weighted by Gasteiger charge is 2.24. The van der Waals surface area contributed by atoms with E-state index < -0.39 is 0 Å². The summed E-state index contributed by atoms with van der Waals surface area (Å²) in [5, 5.41) is 4.59. The van der Waals surface area contributed by atoms with Gasteiger partial charge in [-0.05, 0) is 56.5 Å². The second kappa shape index (κ2) is 7.35. The first kappa shape index (κ1) is 17.5. The van der Waals surface area contributed by atoms with Crippen LogP contribution in [0, 0.1) is 12.7 Å². The van der Waals surface area contributed by atoms with E-state index in [-0.39, 0.29) is 11.7 Å². The second-order valence-corrected chi connectivity index (χ2v) is 6.99. The van der Waals surface area contributed by atoms with Crippen LogP contribution >= 0.6 is 0 Å². The first-order valence-corrected chi connectivity index (χ1v) is 9.35. The van der Waals surface area contributed by atoms with Crippen LogP contribution in [0.3, 0.4) is 0 Å². The predicted molar refractivity (Wildman–Crippen MR) is 103 cm³/mol. The van der Waals surface area contributed by atoms with Crippen molar-refractivity contribution < 1.29 is 9.18 Å². The zero-order valence-corrected chi connectivity index (χ0v) is 15.4. The lowest BCUT2D eigenvalue weighted by molar-refractivity contribution is 0.0715. The molecule has 0 bridgehead atoms. The first-order valence-electron chi connectivity index (χ1n) is 9.35. The number of carbonyl (C=O) groups excluding carboxylic acids is 1. The number of benzene rings is 2. The third-order valence-electron chi connectivity index (χ3n) is 5.00. The van der Waals surface area contributed by atoms with Crippen molar-refractivity contribution in [1.29, 1.82) is 0 Å². The van der Waals surface area contributed by atoms with Crippen LogP contribution in [0.4, 0.5) is 4.39 Å². The molecule has 0 unspecified atom stereocenters. The Labute approximate surface area is 158 Å². The van der Waals surface area contributed by atoms with Crippen molar-refractivity contribution in [2.45, 2.75) is 26.2 Å². The molecule has 0 N–H and O–H groups in total. The van der Waals surface area contributed by atoms with Gasteiger partial charge < -0.3 is 4.90 Å². The monoisotopic (exact) mass is 363 g/mol. The summed E-state index contributed by atoms with van der Waals surface area (Å²) < 4.78 is 15.9. The van der Waals surface area contributed by atoms with E-state index in [1.54, 1.807) is 28.9 Å². The number of piperidine rings is 1. The van der Waals surface area contributed by atoms with Crippen LogP contribution in [0.15, 0.2) is 54.6 Å². The molecular formula is C22H22FN3O. The molecule has 27 heavy (non-hydrogen) atoms. The van der Waals surface area contributed by atoms with Gasteiger partial charge in [-0.15, -0.1) is 0 Å². The molecule has 1 saturated heterocycles. The van der Waals surface area contributed by atoms with E-state index in [2.05, 4.69) is 5.10 Å². The highest BCUT2D eigenvalue weighted by molar-refractivity contribution is 5.94. The van der Waals surface area contributed by atoms with Gasteiger partial charge in [0.15, 0.2) is 0 Å². The van der Waals surface area contributed by atoms with Gasteiger partial charge >= 0.3 is 0 Å². The lowest BCUT2D eigenvalue weighted by atomic mass is 10.1. The minimum absolute atomic E-state index is 0.0506. The largest absolute Gasteiger partial charge is 0.337 e. The fourth-order valence-electron chi connectivity index (χ4n) is 3.48. The summed E-state index contributed by atoms with van der Waals surface area (Å²) in [6.45, 7) is 3.53. The lowest BCUT2D eigenvalue weighted by Gasteiger charge is -2.26. The van der Waals surface area contributed by atoms with Crippen LogP contribution in [-0.2, 0) is 0 Å². The third-order valence-corrected chi connectivity index (χ3v) is 5.00. The molecule has 1 amide bonds. The average molecular weight is 363 g/mol. The number of aryl methyl sites for hydroxylation is 1. The lowest BCUT2D eigenvalue weighted by Crippen LogP contribution is -2.36. The molecule has 4 nitrogen and oxygen atoms in total. The van der Waals surface area contributed by atoms with Gasteiger partial charge in [0.1, 0.15) is 11.5 Å². The van der Waals surface area contributed by atoms with Crippen molar-refractivity contribution in [3.63, 3.8) is 0 Å². The molecule has 1 aromatic heterocycles. The normalized spacial score (nSPS) is 14.4. The minimum atomic E-state index is -0.344. The summed E-state index contributed by atoms with van der Waals surface area (Å²) in [6.07, 6.45) is 3.19. The van der Waals surface area contributed by atoms with Crippen LogP contribution in [-0.4, -0.2) is 33.7 Å². The standard InChI is InChI=1S/C22H22FN3O/c1-16-9-11-17(12-10-16)26-21(22(27)25-13-5-2-6-14-25)15-20(24-26)18-7-3-4-8-19(18)23/h3-4,7-12,15H,2,5-6,13-14H2,1H3. The number of hydrogen-bond donors (Lipinski definition) is 0. The summed E-state index contributed by atoms with van der Waals surface area (Å²) in [6, 6.07) is 16.0. The van der Waals surface area contributed by atoms with Crippen LogP contribution in [0.1, 0.15) is 35.3 Å². The molecule has 0 aliphatic carbocycles. The van der Waals surface area contributed by atoms with Crippen LogP contribution in [0.2, 0.25) is 0 Å². The zero-order chi connectivity index (χ0) is 18.8. The van der Waals surface area contributed by atoms with Crippen molar-refractivity contribution in [2.24, 2.45) is 0 Å². The Morgan fingerprint density at radius 1 is 1.00 bits per heavy atom. The molecular weight excluding hydrogens is 341 g/mol. The van der Waals surface area contributed by atoms with E-state index in [0.29, 0.717) is 17.0 Å². The molecule has 138 valence electrons. The molecule has 2 aromatic carbocycles. The van der Waals surface area contributed by atoms with Gasteiger partial charge in [0.05, 0.1) is 11.4 Å². The molecule has 5 heteroatoms. The number of aromatic nitrogens is 2. The van der Waals surface area contributed by atoms with Crippen LogP contribution < -0.4 is 0 Å². The van der Waals surface area contributed by atoms with Gasteiger partial charge in [-0.25, -0.2) is 9.07 Å². The maximum absolute atomic E-state index is 14.3. The van der Waals surface area contributed by atoms with Crippen LogP contribution in [0.25, 0.3) is 16.9 Å². The Bertz CT molecular complexity index is 956. The van der Waals surface area contributed by atoms with E-state index in [1.165, 1.54) is 6.07 Å². The van der Waals surface area contributed by atoms with Gasteiger partial charge in [0.2, 0.25) is 0 Å². The van der Waals surface area contributed by atoms with Gasteiger partial charge in [-0.3, -0.25) is 4.79 Å². The summed E-state index contributed by atoms with van der Waals surface area (Å²) in [5.74, 6) is -0.395. The van der Waals surface area contributed by atoms with E-state index in [1.807, 2.05) is 36.1 Å². The summed E-state index contributed by atoms with van der Waals surface area (Å²) in [7, 11) is 0. The van der Waals surface area contributed by atoms with Crippen LogP contribution in [0.5, 0.6) is 0 Å². The van der Waals surface area contributed by atoms with Gasteiger partial charge in [0, 0.05) is 18.7 Å². The molecule has 1 aliphatic heterocycles. The maximum atomic E-state index is 14.3. The molecule has 0 radical (unpaired) electrons. The maximum Gasteiger partial charge on any atom is 0.272 e. The van der Waals surface area contributed by atoms with Gasteiger partial charge in [-0.1, -0.05) is 29.8 Å². The number of amides is 1. The Morgan fingerprint density at radius 2 is 1.70 bits per heavy atom. The van der Waals surface area contributed by atoms with Crippen molar-refractivity contribution >= 4 is 5.91 Å². The minimum Gasteiger partial charge on any atom is -0.337 e. The molecule has 1 fully saturated rings. The summed E-state index contributed by atoms with van der Waals surface area (Å²) in [5.41, 5.74) is 3.26. The van der Waals surface area contributed by atoms with Crippen molar-refractivity contribution in [3.05, 3.63) is 71.7 Å². The SMILES string of the molecule is Cc1ccc(-n2nc(-c3ccccc3F)cc2C(=O)N2CCCCC2)cc1. The molecule has 0 spiro atoms. The number of likely N-dealkylation sites (tertiary alicyclic amines) is 1. The Balaban J connectivity index is 1.81. The summed E-state index contributed by atoms with van der Waals surface area (Å²) >= 11 is 0. The average Bonchev–Trinajstić information content (AvgIpc) is 3.14. The smallest absolute Gasteiger partial charge is 0.272 e. The highest BCUT2D eigenvalue weighted by atomic mass is 19.1. The van der Waals surface area contributed by atoms with Crippen molar-refractivity contribution in [3.8, 4) is 16.9 Å². The fraction of sp³-hybridized carbons (Fsp3) is 0.273. The van der Waals surface area contributed by atoms with E-state index in [0.717, 1.165) is 43.6 Å². The predicted octanol–water partition coefficient (Wildman–Crippen LogP) is 4.61. The number of hydrogen-bond acceptors (Lipinski definition) is 2. The summed E-state index contributed by atoms with van der Waals surface area (Å²) in [4.78, 5) is 15.0. The third kappa shape index (κ3) is 3.50. The van der Waals surface area contributed by atoms with Gasteiger partial charge in [-0.2, -0.15) is 5.10 Å². The Morgan fingerprint density at radius 3 is 2.41 bits per heavy atom. The molecule has 0 atom stereocenters. The van der Waals surface area contributed by atoms with Gasteiger partial charge in [0.25, 0.3) is 5.91 Å². The molecule has 2 heterocycles. The van der Waals surface area contributed by atoms with Crippen molar-refractivity contribution in [2.75, 3.05) is 13.1 Å². The number of carbonyl (C=O) groups is 1. The number of halogens is 1. The molecule has 4 rings (SSSR count). The van der Waals surface area contributed by atoms with Crippen molar-refractivity contribution in [1.82, 2.24) is 14.7 Å². The van der Waals surface area contributed by atoms with E-state index in [9.17, 15) is 9.18 Å². The quantitative estimate of drug-likeness (QED) is 0.681. The zero-order valence-electron chi connectivity index (χ0n) is 15.4. The molecule has 1 aliphatic rings.